The first-order valence-electron chi connectivity index (χ1n) is 11.3. The van der Waals surface area contributed by atoms with Crippen molar-refractivity contribution in [3.8, 4) is 0 Å². The molecule has 7 nitrogen and oxygen atoms in total. The molecule has 1 aliphatic rings. The van der Waals surface area contributed by atoms with Crippen LogP contribution in [0.2, 0.25) is 0 Å². The zero-order chi connectivity index (χ0) is 26.1. The molecule has 0 unspecified atom stereocenters. The maximum atomic E-state index is 12.9. The summed E-state index contributed by atoms with van der Waals surface area (Å²) in [6.45, 7) is 6.35. The van der Waals surface area contributed by atoms with Gasteiger partial charge in [-0.3, -0.25) is 10.1 Å². The van der Waals surface area contributed by atoms with Gasteiger partial charge in [0.15, 0.2) is 0 Å². The number of nitrogens with zero attached hydrogens (tertiary/aromatic N) is 3. The van der Waals surface area contributed by atoms with E-state index in [0.717, 1.165) is 34.6 Å². The lowest BCUT2D eigenvalue weighted by Crippen LogP contribution is -2.39. The Labute approximate surface area is 210 Å². The first-order valence-corrected chi connectivity index (χ1v) is 12.1. The van der Waals surface area contributed by atoms with E-state index in [4.69, 9.17) is 4.74 Å². The van der Waals surface area contributed by atoms with Crippen LogP contribution in [-0.2, 0) is 30.3 Å². The molecule has 0 atom stereocenters. The average molecular weight is 519 g/mol. The van der Waals surface area contributed by atoms with Crippen LogP contribution in [0.25, 0.3) is 0 Å². The number of aromatic nitrogens is 2. The largest absolute Gasteiger partial charge is 0.444 e. The van der Waals surface area contributed by atoms with Gasteiger partial charge in [-0.05, 0) is 62.1 Å². The van der Waals surface area contributed by atoms with Crippen molar-refractivity contribution in [3.05, 3.63) is 75.3 Å². The van der Waals surface area contributed by atoms with E-state index in [0.29, 0.717) is 35.6 Å². The van der Waals surface area contributed by atoms with Crippen molar-refractivity contribution in [2.45, 2.75) is 51.9 Å². The van der Waals surface area contributed by atoms with Crippen LogP contribution in [0.1, 0.15) is 58.4 Å². The third kappa shape index (κ3) is 6.39. The van der Waals surface area contributed by atoms with Gasteiger partial charge < -0.3 is 9.64 Å². The van der Waals surface area contributed by atoms with Gasteiger partial charge in [0, 0.05) is 25.1 Å². The second-order valence-corrected chi connectivity index (χ2v) is 10.5. The number of hydrogen-bond acceptors (Lipinski definition) is 6. The molecule has 11 heteroatoms. The van der Waals surface area contributed by atoms with E-state index in [-0.39, 0.29) is 23.6 Å². The lowest BCUT2D eigenvalue weighted by Gasteiger charge is -2.31. The number of rotatable bonds is 4. The number of nitrogens with one attached hydrogen (secondary N) is 1. The molecule has 0 bridgehead atoms. The molecular formula is C25H25F3N4O3S. The van der Waals surface area contributed by atoms with Gasteiger partial charge in [-0.15, -0.1) is 10.2 Å². The first kappa shape index (κ1) is 25.6. The summed E-state index contributed by atoms with van der Waals surface area (Å²) in [4.78, 5) is 26.8. The number of carbonyl (C=O) groups is 2. The molecule has 3 aromatic rings. The average Bonchev–Trinajstić information content (AvgIpc) is 3.23. The van der Waals surface area contributed by atoms with Gasteiger partial charge in [-0.25, -0.2) is 4.79 Å². The number of fused-ring (bicyclic) bond motifs is 1. The predicted molar refractivity (Wildman–Crippen MR) is 129 cm³/mol. The summed E-state index contributed by atoms with van der Waals surface area (Å²) in [5, 5.41) is 11.4. The Morgan fingerprint density at radius 2 is 1.86 bits per heavy atom. The molecule has 0 aliphatic carbocycles. The molecule has 0 saturated carbocycles. The van der Waals surface area contributed by atoms with E-state index < -0.39 is 17.3 Å². The molecule has 2 amide bonds. The van der Waals surface area contributed by atoms with E-state index in [2.05, 4.69) is 15.5 Å². The van der Waals surface area contributed by atoms with Crippen molar-refractivity contribution in [2.24, 2.45) is 0 Å². The maximum Gasteiger partial charge on any atom is 0.416 e. The minimum Gasteiger partial charge on any atom is -0.444 e. The molecule has 1 aliphatic heterocycles. The predicted octanol–water partition coefficient (Wildman–Crippen LogP) is 5.69. The van der Waals surface area contributed by atoms with Crippen molar-refractivity contribution in [3.63, 3.8) is 0 Å². The van der Waals surface area contributed by atoms with Gasteiger partial charge in [-0.2, -0.15) is 13.2 Å². The van der Waals surface area contributed by atoms with Crippen LogP contribution >= 0.6 is 11.3 Å². The van der Waals surface area contributed by atoms with E-state index in [1.165, 1.54) is 6.07 Å². The molecular weight excluding hydrogens is 493 g/mol. The van der Waals surface area contributed by atoms with Crippen LogP contribution in [0, 0.1) is 0 Å². The highest BCUT2D eigenvalue weighted by Crippen LogP contribution is 2.30. The number of anilines is 1. The summed E-state index contributed by atoms with van der Waals surface area (Å²) in [7, 11) is 0. The highest BCUT2D eigenvalue weighted by atomic mass is 32.1. The molecule has 190 valence electrons. The van der Waals surface area contributed by atoms with Gasteiger partial charge >= 0.3 is 12.3 Å². The van der Waals surface area contributed by atoms with Crippen molar-refractivity contribution < 1.29 is 27.5 Å². The van der Waals surface area contributed by atoms with Crippen LogP contribution in [0.5, 0.6) is 0 Å². The SMILES string of the molecule is CC(C)(C)OC(=O)N1CCc2cc(C(=O)Nc3nnc(Cc4cccc(C(F)(F)F)c4)s3)ccc2C1. The fourth-order valence-electron chi connectivity index (χ4n) is 3.75. The van der Waals surface area contributed by atoms with Crippen LogP contribution < -0.4 is 5.32 Å². The Kier molecular flexibility index (Phi) is 7.03. The maximum absolute atomic E-state index is 12.9. The molecule has 0 saturated heterocycles. The molecule has 1 N–H and O–H groups in total. The Hall–Kier alpha value is -3.47. The van der Waals surface area contributed by atoms with Gasteiger partial charge in [0.2, 0.25) is 5.13 Å². The zero-order valence-electron chi connectivity index (χ0n) is 20.0. The number of carbonyl (C=O) groups excluding carboxylic acids is 2. The second kappa shape index (κ2) is 9.88. The monoisotopic (exact) mass is 518 g/mol. The summed E-state index contributed by atoms with van der Waals surface area (Å²) in [6.07, 6.45) is -4.02. The van der Waals surface area contributed by atoms with Crippen LogP contribution in [0.3, 0.4) is 0 Å². The highest BCUT2D eigenvalue weighted by molar-refractivity contribution is 7.15. The topological polar surface area (TPSA) is 84.4 Å². The van der Waals surface area contributed by atoms with E-state index in [1.54, 1.807) is 23.1 Å². The fraction of sp³-hybridized carbons (Fsp3) is 0.360. The number of amides is 2. The standard InChI is InChI=1S/C25H25F3N4O3S/c1-24(2,3)35-23(34)32-10-9-16-13-17(7-8-18(16)14-32)21(33)29-22-31-30-20(36-22)12-15-5-4-6-19(11-15)25(26,27)28/h4-8,11,13H,9-10,12,14H2,1-3H3,(H,29,31,33). The smallest absolute Gasteiger partial charge is 0.416 e. The van der Waals surface area contributed by atoms with Crippen molar-refractivity contribution in [2.75, 3.05) is 11.9 Å². The normalized spacial score (nSPS) is 13.8. The molecule has 2 heterocycles. The quantitative estimate of drug-likeness (QED) is 0.480. The van der Waals surface area contributed by atoms with Crippen LogP contribution in [0.15, 0.2) is 42.5 Å². The van der Waals surface area contributed by atoms with Gasteiger partial charge in [-0.1, -0.05) is 35.6 Å². The summed E-state index contributed by atoms with van der Waals surface area (Å²) in [6, 6.07) is 10.3. The third-order valence-corrected chi connectivity index (χ3v) is 6.27. The van der Waals surface area contributed by atoms with Crippen molar-refractivity contribution in [1.82, 2.24) is 15.1 Å². The third-order valence-electron chi connectivity index (χ3n) is 5.43. The Balaban J connectivity index is 1.38. The van der Waals surface area contributed by atoms with Gasteiger partial charge in [0.25, 0.3) is 5.91 Å². The Morgan fingerprint density at radius 3 is 2.58 bits per heavy atom. The van der Waals surface area contributed by atoms with Crippen LogP contribution in [-0.4, -0.2) is 39.2 Å². The Morgan fingerprint density at radius 1 is 1.08 bits per heavy atom. The van der Waals surface area contributed by atoms with Crippen molar-refractivity contribution >= 4 is 28.5 Å². The number of alkyl halides is 3. The molecule has 0 radical (unpaired) electrons. The fourth-order valence-corrected chi connectivity index (χ4v) is 4.52. The minimum atomic E-state index is -4.42. The van der Waals surface area contributed by atoms with E-state index in [1.807, 2.05) is 26.8 Å². The number of halogens is 3. The molecule has 0 fully saturated rings. The first-order chi connectivity index (χ1) is 16.9. The lowest BCUT2D eigenvalue weighted by atomic mass is 9.97. The minimum absolute atomic E-state index is 0.171. The summed E-state index contributed by atoms with van der Waals surface area (Å²) >= 11 is 1.11. The molecule has 2 aromatic carbocycles. The highest BCUT2D eigenvalue weighted by Gasteiger charge is 2.30. The Bertz CT molecular complexity index is 1280. The van der Waals surface area contributed by atoms with E-state index in [9.17, 15) is 22.8 Å². The van der Waals surface area contributed by atoms with Crippen LogP contribution in [0.4, 0.5) is 23.1 Å². The van der Waals surface area contributed by atoms with Gasteiger partial charge in [0.05, 0.1) is 5.56 Å². The number of benzene rings is 2. The molecule has 1 aromatic heterocycles. The van der Waals surface area contributed by atoms with E-state index >= 15 is 0 Å². The molecule has 0 spiro atoms. The summed E-state index contributed by atoms with van der Waals surface area (Å²) < 4.78 is 44.3. The van der Waals surface area contributed by atoms with Crippen molar-refractivity contribution in [1.29, 1.82) is 0 Å². The molecule has 4 rings (SSSR count). The summed E-state index contributed by atoms with van der Waals surface area (Å²) in [5.74, 6) is -0.367. The van der Waals surface area contributed by atoms with Gasteiger partial charge in [0.1, 0.15) is 10.6 Å². The number of ether oxygens (including phenoxy) is 1. The molecule has 36 heavy (non-hydrogen) atoms. The number of hydrogen-bond donors (Lipinski definition) is 1. The zero-order valence-corrected chi connectivity index (χ0v) is 20.8. The lowest BCUT2D eigenvalue weighted by molar-refractivity contribution is -0.137. The summed E-state index contributed by atoms with van der Waals surface area (Å²) in [5.41, 5.74) is 1.52. The second-order valence-electron chi connectivity index (χ2n) is 9.47.